The van der Waals surface area contributed by atoms with Gasteiger partial charge in [-0.2, -0.15) is 0 Å². The molecule has 2 aliphatic rings. The number of aromatic nitrogens is 3. The molecule has 1 amide bonds. The number of rotatable bonds is 4. The number of pyridine rings is 1. The molecule has 0 aliphatic carbocycles. The van der Waals surface area contributed by atoms with Crippen molar-refractivity contribution in [2.24, 2.45) is 0 Å². The van der Waals surface area contributed by atoms with Crippen molar-refractivity contribution in [3.63, 3.8) is 0 Å². The van der Waals surface area contributed by atoms with Gasteiger partial charge in [0.25, 0.3) is 0 Å². The maximum Gasteiger partial charge on any atom is 0.249 e. The number of carbonyl (C=O) groups is 1. The molecule has 2 aromatic heterocycles. The molecular formula is C16H19N5O2. The van der Waals surface area contributed by atoms with E-state index in [0.717, 1.165) is 31.2 Å². The summed E-state index contributed by atoms with van der Waals surface area (Å²) in [4.78, 5) is 28.2. The Morgan fingerprint density at radius 2 is 2.17 bits per heavy atom. The summed E-state index contributed by atoms with van der Waals surface area (Å²) in [6, 6.07) is 5.86. The van der Waals surface area contributed by atoms with Gasteiger partial charge in [-0.05, 0) is 12.1 Å². The molecule has 2 atom stereocenters. The average Bonchev–Trinajstić information content (AvgIpc) is 3.21. The summed E-state index contributed by atoms with van der Waals surface area (Å²) in [6.07, 6.45) is 5.40. The van der Waals surface area contributed by atoms with Gasteiger partial charge in [-0.3, -0.25) is 14.7 Å². The van der Waals surface area contributed by atoms with Crippen LogP contribution in [-0.2, 0) is 22.6 Å². The molecule has 0 bridgehead atoms. The molecule has 0 spiro atoms. The highest BCUT2D eigenvalue weighted by Gasteiger charge is 2.43. The lowest BCUT2D eigenvalue weighted by molar-refractivity contribution is -0.154. The fraction of sp³-hybridized carbons (Fsp3) is 0.438. The minimum absolute atomic E-state index is 0.0387. The van der Waals surface area contributed by atoms with Crippen LogP contribution in [0.3, 0.4) is 0 Å². The van der Waals surface area contributed by atoms with Gasteiger partial charge in [0.15, 0.2) is 0 Å². The predicted octanol–water partition coefficient (Wildman–Crippen LogP) is 0.416. The fourth-order valence-electron chi connectivity index (χ4n) is 3.34. The molecule has 0 unspecified atom stereocenters. The lowest BCUT2D eigenvalue weighted by Crippen LogP contribution is -2.53. The zero-order valence-corrected chi connectivity index (χ0v) is 12.8. The van der Waals surface area contributed by atoms with Gasteiger partial charge in [-0.1, -0.05) is 6.07 Å². The van der Waals surface area contributed by atoms with Crippen LogP contribution in [0.25, 0.3) is 0 Å². The van der Waals surface area contributed by atoms with Crippen molar-refractivity contribution >= 4 is 5.91 Å². The number of carbonyl (C=O) groups excluding carboxylic acids is 1. The first-order chi connectivity index (χ1) is 11.3. The molecule has 4 rings (SSSR count). The molecule has 120 valence electrons. The number of nitrogens with zero attached hydrogens (tertiary/aromatic N) is 4. The molecule has 2 saturated heterocycles. The maximum atomic E-state index is 12.3. The number of hydrogen-bond acceptors (Lipinski definition) is 5. The maximum absolute atomic E-state index is 12.3. The minimum Gasteiger partial charge on any atom is -0.365 e. The van der Waals surface area contributed by atoms with Gasteiger partial charge in [-0.15, -0.1) is 0 Å². The number of morpholine rings is 1. The van der Waals surface area contributed by atoms with Crippen molar-refractivity contribution in [1.82, 2.24) is 24.8 Å². The lowest BCUT2D eigenvalue weighted by atomic mass is 10.1. The number of hydrogen-bond donors (Lipinski definition) is 1. The van der Waals surface area contributed by atoms with Gasteiger partial charge < -0.3 is 14.6 Å². The molecule has 23 heavy (non-hydrogen) atoms. The predicted molar refractivity (Wildman–Crippen MR) is 82.2 cm³/mol. The first-order valence-corrected chi connectivity index (χ1v) is 7.81. The molecule has 2 aliphatic heterocycles. The second kappa shape index (κ2) is 6.10. The summed E-state index contributed by atoms with van der Waals surface area (Å²) < 4.78 is 5.75. The van der Waals surface area contributed by atoms with E-state index >= 15 is 0 Å². The third kappa shape index (κ3) is 2.97. The van der Waals surface area contributed by atoms with Crippen molar-refractivity contribution in [2.75, 3.05) is 19.7 Å². The van der Waals surface area contributed by atoms with Crippen molar-refractivity contribution < 1.29 is 9.53 Å². The Morgan fingerprint density at radius 1 is 1.22 bits per heavy atom. The standard InChI is InChI=1S/C16H19N5O2/c22-16-11-23-14-9-20(10-15-18-5-6-19-15)8-13(14)21(16)7-12-3-1-2-4-17-12/h1-6,13-14H,7-11H2,(H,18,19)/t13-,14+/m1/s1. The van der Waals surface area contributed by atoms with Crippen LogP contribution in [0.4, 0.5) is 0 Å². The number of ether oxygens (including phenoxy) is 1. The topological polar surface area (TPSA) is 74.3 Å². The number of H-pyrrole nitrogens is 1. The van der Waals surface area contributed by atoms with Gasteiger partial charge >= 0.3 is 0 Å². The third-order valence-electron chi connectivity index (χ3n) is 4.44. The lowest BCUT2D eigenvalue weighted by Gasteiger charge is -2.36. The normalized spacial score (nSPS) is 24.9. The van der Waals surface area contributed by atoms with E-state index in [1.54, 1.807) is 12.4 Å². The molecular weight excluding hydrogens is 294 g/mol. The van der Waals surface area contributed by atoms with Gasteiger partial charge in [0.1, 0.15) is 12.4 Å². The Kier molecular flexibility index (Phi) is 3.80. The van der Waals surface area contributed by atoms with Crippen molar-refractivity contribution in [3.8, 4) is 0 Å². The molecule has 7 heteroatoms. The molecule has 0 saturated carbocycles. The summed E-state index contributed by atoms with van der Waals surface area (Å²) in [5, 5.41) is 0. The van der Waals surface area contributed by atoms with E-state index in [9.17, 15) is 4.79 Å². The monoisotopic (exact) mass is 313 g/mol. The molecule has 0 aromatic carbocycles. The van der Waals surface area contributed by atoms with Gasteiger partial charge in [0, 0.05) is 31.7 Å². The molecule has 4 heterocycles. The zero-order valence-electron chi connectivity index (χ0n) is 12.8. The summed E-state index contributed by atoms with van der Waals surface area (Å²) in [7, 11) is 0. The van der Waals surface area contributed by atoms with E-state index in [0.29, 0.717) is 6.54 Å². The van der Waals surface area contributed by atoms with E-state index in [1.807, 2.05) is 29.3 Å². The van der Waals surface area contributed by atoms with Crippen LogP contribution < -0.4 is 0 Å². The number of likely N-dealkylation sites (tertiary alicyclic amines) is 1. The van der Waals surface area contributed by atoms with Gasteiger partial charge in [0.05, 0.1) is 30.9 Å². The Labute approximate surface area is 134 Å². The Balaban J connectivity index is 1.47. The number of aromatic amines is 1. The molecule has 2 fully saturated rings. The van der Waals surface area contributed by atoms with Crippen LogP contribution in [-0.4, -0.2) is 62.5 Å². The van der Waals surface area contributed by atoms with Crippen LogP contribution in [0.2, 0.25) is 0 Å². The SMILES string of the molecule is O=C1CO[C@H]2CN(Cc3ncc[nH]3)C[C@H]2N1Cc1ccccn1. The third-order valence-corrected chi connectivity index (χ3v) is 4.44. The van der Waals surface area contributed by atoms with E-state index in [2.05, 4.69) is 19.9 Å². The van der Waals surface area contributed by atoms with Crippen molar-refractivity contribution in [3.05, 3.63) is 48.3 Å². The van der Waals surface area contributed by atoms with E-state index in [1.165, 1.54) is 0 Å². The number of amides is 1. The van der Waals surface area contributed by atoms with E-state index in [4.69, 9.17) is 4.74 Å². The van der Waals surface area contributed by atoms with Crippen LogP contribution in [0, 0.1) is 0 Å². The van der Waals surface area contributed by atoms with E-state index < -0.39 is 0 Å². The molecule has 0 radical (unpaired) electrons. The van der Waals surface area contributed by atoms with E-state index in [-0.39, 0.29) is 24.7 Å². The quantitative estimate of drug-likeness (QED) is 0.885. The first kappa shape index (κ1) is 14.3. The van der Waals surface area contributed by atoms with Crippen molar-refractivity contribution in [1.29, 1.82) is 0 Å². The number of nitrogens with one attached hydrogen (secondary N) is 1. The second-order valence-electron chi connectivity index (χ2n) is 5.99. The summed E-state index contributed by atoms with van der Waals surface area (Å²) in [5.41, 5.74) is 0.908. The molecule has 1 N–H and O–H groups in total. The largest absolute Gasteiger partial charge is 0.365 e. The van der Waals surface area contributed by atoms with Crippen LogP contribution >= 0.6 is 0 Å². The van der Waals surface area contributed by atoms with Crippen molar-refractivity contribution in [2.45, 2.75) is 25.2 Å². The number of fused-ring (bicyclic) bond motifs is 1. The fourth-order valence-corrected chi connectivity index (χ4v) is 3.34. The molecule has 2 aromatic rings. The Hall–Kier alpha value is -2.25. The van der Waals surface area contributed by atoms with Gasteiger partial charge in [0.2, 0.25) is 5.91 Å². The van der Waals surface area contributed by atoms with Crippen LogP contribution in [0.1, 0.15) is 11.5 Å². The Bertz CT molecular complexity index is 660. The van der Waals surface area contributed by atoms with Crippen LogP contribution in [0.15, 0.2) is 36.8 Å². The second-order valence-corrected chi connectivity index (χ2v) is 5.99. The first-order valence-electron chi connectivity index (χ1n) is 7.81. The highest BCUT2D eigenvalue weighted by atomic mass is 16.5. The van der Waals surface area contributed by atoms with Crippen LogP contribution in [0.5, 0.6) is 0 Å². The van der Waals surface area contributed by atoms with Gasteiger partial charge in [-0.25, -0.2) is 4.98 Å². The highest BCUT2D eigenvalue weighted by molar-refractivity contribution is 5.78. The summed E-state index contributed by atoms with van der Waals surface area (Å²) in [5.74, 6) is 0.975. The summed E-state index contributed by atoms with van der Waals surface area (Å²) in [6.45, 7) is 3.05. The smallest absolute Gasteiger partial charge is 0.249 e. The summed E-state index contributed by atoms with van der Waals surface area (Å²) >= 11 is 0. The average molecular weight is 313 g/mol. The number of imidazole rings is 1. The molecule has 7 nitrogen and oxygen atoms in total. The zero-order chi connectivity index (χ0) is 15.6. The minimum atomic E-state index is 0.0387. The Morgan fingerprint density at radius 3 is 2.96 bits per heavy atom. The highest BCUT2D eigenvalue weighted by Crippen LogP contribution is 2.25.